The Morgan fingerprint density at radius 3 is 2.53 bits per heavy atom. The van der Waals surface area contributed by atoms with Crippen LogP contribution in [0.15, 0.2) is 55.7 Å². The van der Waals surface area contributed by atoms with Crippen molar-refractivity contribution < 1.29 is 8.73 Å². The van der Waals surface area contributed by atoms with Gasteiger partial charge in [-0.2, -0.15) is 10.1 Å². The molecule has 0 N–H and O–H groups in total. The van der Waals surface area contributed by atoms with Gasteiger partial charge < -0.3 is 4.52 Å². The number of halogens is 1. The summed E-state index contributed by atoms with van der Waals surface area (Å²) in [6.45, 7) is 1.45. The highest BCUT2D eigenvalue weighted by molar-refractivity contribution is 7.84. The van der Waals surface area contributed by atoms with Crippen LogP contribution in [-0.4, -0.2) is 33.3 Å². The molecule has 4 aromatic rings. The van der Waals surface area contributed by atoms with Gasteiger partial charge in [0.05, 0.1) is 28.4 Å². The van der Waals surface area contributed by atoms with E-state index in [0.717, 1.165) is 4.57 Å². The zero-order chi connectivity index (χ0) is 23.0. The fraction of sp³-hybridized carbons (Fsp3) is 0.250. The standard InChI is InChI=1S/C20H19ClN6O4S/c1-12-18(13-8-22-25(2)9-13)26(3)20(29)27(19(12)28)10-17-23-16(24-31-17)11-32(30)15-6-4-14(21)5-7-15/h4-9H,10-11H2,1-3H3. The van der Waals surface area contributed by atoms with Crippen molar-refractivity contribution in [2.45, 2.75) is 24.1 Å². The second-order valence-electron chi connectivity index (χ2n) is 7.16. The van der Waals surface area contributed by atoms with Crippen LogP contribution in [0.2, 0.25) is 5.02 Å². The molecule has 32 heavy (non-hydrogen) atoms. The van der Waals surface area contributed by atoms with Crippen LogP contribution in [0, 0.1) is 6.92 Å². The van der Waals surface area contributed by atoms with Crippen LogP contribution in [0.4, 0.5) is 0 Å². The summed E-state index contributed by atoms with van der Waals surface area (Å²) in [5.41, 5.74) is 0.566. The van der Waals surface area contributed by atoms with E-state index < -0.39 is 22.0 Å². The first kappa shape index (κ1) is 21.9. The van der Waals surface area contributed by atoms with Crippen molar-refractivity contribution >= 4 is 22.4 Å². The van der Waals surface area contributed by atoms with Crippen LogP contribution in [0.25, 0.3) is 11.3 Å². The quantitative estimate of drug-likeness (QED) is 0.417. The molecule has 3 aromatic heterocycles. The van der Waals surface area contributed by atoms with E-state index in [1.165, 1.54) is 4.57 Å². The van der Waals surface area contributed by atoms with E-state index in [1.54, 1.807) is 62.4 Å². The van der Waals surface area contributed by atoms with Crippen molar-refractivity contribution in [3.8, 4) is 11.3 Å². The van der Waals surface area contributed by atoms with Crippen LogP contribution in [0.1, 0.15) is 17.3 Å². The number of aromatic nitrogens is 6. The topological polar surface area (TPSA) is 118 Å². The van der Waals surface area contributed by atoms with Gasteiger partial charge in [0.2, 0.25) is 5.89 Å². The fourth-order valence-corrected chi connectivity index (χ4v) is 4.43. The number of nitrogens with zero attached hydrogens (tertiary/aromatic N) is 6. The molecule has 3 heterocycles. The molecular formula is C20H19ClN6O4S. The Hall–Kier alpha value is -3.31. The molecule has 0 spiro atoms. The molecular weight excluding hydrogens is 456 g/mol. The predicted octanol–water partition coefficient (Wildman–Crippen LogP) is 1.65. The van der Waals surface area contributed by atoms with Crippen LogP contribution >= 0.6 is 11.6 Å². The molecule has 0 radical (unpaired) electrons. The third-order valence-corrected chi connectivity index (χ3v) is 6.46. The second kappa shape index (κ2) is 8.67. The molecule has 1 unspecified atom stereocenters. The Morgan fingerprint density at radius 1 is 1.16 bits per heavy atom. The van der Waals surface area contributed by atoms with Crippen LogP contribution in [-0.2, 0) is 37.2 Å². The average Bonchev–Trinajstić information content (AvgIpc) is 3.39. The fourth-order valence-electron chi connectivity index (χ4n) is 3.35. The summed E-state index contributed by atoms with van der Waals surface area (Å²) in [7, 11) is 1.94. The van der Waals surface area contributed by atoms with Gasteiger partial charge in [0.25, 0.3) is 5.56 Å². The number of rotatable bonds is 6. The Kier molecular flexibility index (Phi) is 5.94. The van der Waals surface area contributed by atoms with Crippen molar-refractivity contribution in [3.63, 3.8) is 0 Å². The molecule has 1 atom stereocenters. The molecule has 10 nitrogen and oxygen atoms in total. The highest BCUT2D eigenvalue weighted by Gasteiger charge is 2.19. The Morgan fingerprint density at radius 2 is 1.88 bits per heavy atom. The van der Waals surface area contributed by atoms with Gasteiger partial charge in [-0.05, 0) is 31.2 Å². The highest BCUT2D eigenvalue weighted by atomic mass is 35.5. The van der Waals surface area contributed by atoms with Gasteiger partial charge in [0.1, 0.15) is 6.54 Å². The molecule has 0 amide bonds. The lowest BCUT2D eigenvalue weighted by Crippen LogP contribution is -2.41. The zero-order valence-electron chi connectivity index (χ0n) is 17.5. The van der Waals surface area contributed by atoms with E-state index in [-0.39, 0.29) is 24.0 Å². The molecule has 0 fully saturated rings. The molecule has 4 rings (SSSR count). The summed E-state index contributed by atoms with van der Waals surface area (Å²) in [5.74, 6) is 0.305. The largest absolute Gasteiger partial charge is 0.337 e. The Labute approximate surface area is 189 Å². The minimum atomic E-state index is -1.40. The van der Waals surface area contributed by atoms with Gasteiger partial charge in [-0.25, -0.2) is 4.79 Å². The SMILES string of the molecule is Cc1c(-c2cnn(C)c2)n(C)c(=O)n(Cc2nc(CS(=O)c3ccc(Cl)cc3)no2)c1=O. The molecule has 12 heteroatoms. The second-order valence-corrected chi connectivity index (χ2v) is 9.04. The summed E-state index contributed by atoms with van der Waals surface area (Å²) < 4.78 is 21.7. The first-order chi connectivity index (χ1) is 15.2. The van der Waals surface area contributed by atoms with E-state index in [4.69, 9.17) is 16.1 Å². The summed E-state index contributed by atoms with van der Waals surface area (Å²) in [4.78, 5) is 30.6. The van der Waals surface area contributed by atoms with Crippen molar-refractivity contribution in [1.82, 2.24) is 29.1 Å². The summed E-state index contributed by atoms with van der Waals surface area (Å²) in [6.07, 6.45) is 3.33. The van der Waals surface area contributed by atoms with Gasteiger partial charge in [0.15, 0.2) is 5.82 Å². The van der Waals surface area contributed by atoms with E-state index in [9.17, 15) is 13.8 Å². The average molecular weight is 475 g/mol. The lowest BCUT2D eigenvalue weighted by atomic mass is 10.1. The minimum Gasteiger partial charge on any atom is -0.337 e. The van der Waals surface area contributed by atoms with Gasteiger partial charge >= 0.3 is 5.69 Å². The first-order valence-electron chi connectivity index (χ1n) is 9.49. The first-order valence-corrected chi connectivity index (χ1v) is 11.2. The minimum absolute atomic E-state index is 0.0248. The van der Waals surface area contributed by atoms with Gasteiger partial charge in [-0.1, -0.05) is 16.8 Å². The smallest absolute Gasteiger partial charge is 0.331 e. The molecule has 0 aliphatic rings. The third-order valence-electron chi connectivity index (χ3n) is 4.89. The van der Waals surface area contributed by atoms with Crippen LogP contribution in [0.5, 0.6) is 0 Å². The molecule has 1 aromatic carbocycles. The lowest BCUT2D eigenvalue weighted by molar-refractivity contribution is 0.362. The van der Waals surface area contributed by atoms with Gasteiger partial charge in [0, 0.05) is 41.3 Å². The van der Waals surface area contributed by atoms with E-state index in [0.29, 0.717) is 26.7 Å². The summed E-state index contributed by atoms with van der Waals surface area (Å²) in [5, 5.41) is 8.48. The maximum atomic E-state index is 12.9. The predicted molar refractivity (Wildman–Crippen MR) is 118 cm³/mol. The molecule has 0 aliphatic carbocycles. The van der Waals surface area contributed by atoms with E-state index in [1.807, 2.05) is 0 Å². The van der Waals surface area contributed by atoms with Crippen LogP contribution < -0.4 is 11.2 Å². The molecule has 0 bridgehead atoms. The number of hydrogen-bond donors (Lipinski definition) is 0. The Bertz CT molecular complexity index is 1400. The Balaban J connectivity index is 1.59. The molecule has 0 saturated heterocycles. The number of benzene rings is 1. The van der Waals surface area contributed by atoms with Gasteiger partial charge in [-0.15, -0.1) is 0 Å². The zero-order valence-corrected chi connectivity index (χ0v) is 19.1. The maximum absolute atomic E-state index is 12.9. The number of aryl methyl sites for hydroxylation is 1. The summed E-state index contributed by atoms with van der Waals surface area (Å²) >= 11 is 5.85. The lowest BCUT2D eigenvalue weighted by Gasteiger charge is -2.12. The van der Waals surface area contributed by atoms with E-state index >= 15 is 0 Å². The third kappa shape index (κ3) is 4.21. The number of hydrogen-bond acceptors (Lipinski definition) is 7. The van der Waals surface area contributed by atoms with Crippen molar-refractivity contribution in [3.05, 3.63) is 79.8 Å². The molecule has 0 saturated carbocycles. The maximum Gasteiger partial charge on any atom is 0.331 e. The van der Waals surface area contributed by atoms with Gasteiger partial charge in [-0.3, -0.25) is 22.8 Å². The summed E-state index contributed by atoms with van der Waals surface area (Å²) in [6, 6.07) is 6.62. The molecule has 166 valence electrons. The highest BCUT2D eigenvalue weighted by Crippen LogP contribution is 2.18. The van der Waals surface area contributed by atoms with Crippen molar-refractivity contribution in [2.24, 2.45) is 14.1 Å². The normalized spacial score (nSPS) is 12.2. The van der Waals surface area contributed by atoms with E-state index in [2.05, 4.69) is 15.2 Å². The monoisotopic (exact) mass is 474 g/mol. The van der Waals surface area contributed by atoms with Crippen LogP contribution in [0.3, 0.4) is 0 Å². The molecule has 0 aliphatic heterocycles. The van der Waals surface area contributed by atoms with Crippen molar-refractivity contribution in [2.75, 3.05) is 0 Å². The van der Waals surface area contributed by atoms with Crippen molar-refractivity contribution in [1.29, 1.82) is 0 Å².